The smallest absolute Gasteiger partial charge is 0.140 e. The number of halogens is 4. The summed E-state index contributed by atoms with van der Waals surface area (Å²) in [6.07, 6.45) is 1.90. The standard InChI is InChI=1S/C10H8Cl4O/c11-5-10(1-2-10)15-9-4-7(13)6(12)3-8(9)14/h3-4H,1-2,5H2. The molecule has 15 heavy (non-hydrogen) atoms. The molecule has 1 nitrogen and oxygen atoms in total. The average molecular weight is 286 g/mol. The predicted molar refractivity (Wildman–Crippen MR) is 64.8 cm³/mol. The van der Waals surface area contributed by atoms with E-state index in [1.807, 2.05) is 0 Å². The van der Waals surface area contributed by atoms with Crippen molar-refractivity contribution in [3.8, 4) is 5.75 Å². The van der Waals surface area contributed by atoms with E-state index in [0.29, 0.717) is 26.7 Å². The molecule has 1 aromatic carbocycles. The topological polar surface area (TPSA) is 9.23 Å². The molecule has 0 spiro atoms. The van der Waals surface area contributed by atoms with Gasteiger partial charge in [-0.15, -0.1) is 11.6 Å². The summed E-state index contributed by atoms with van der Waals surface area (Å²) < 4.78 is 5.72. The van der Waals surface area contributed by atoms with Gasteiger partial charge in [0.25, 0.3) is 0 Å². The van der Waals surface area contributed by atoms with Crippen molar-refractivity contribution in [2.45, 2.75) is 18.4 Å². The van der Waals surface area contributed by atoms with Gasteiger partial charge in [0.15, 0.2) is 0 Å². The Morgan fingerprint density at radius 2 is 1.67 bits per heavy atom. The summed E-state index contributed by atoms with van der Waals surface area (Å²) in [5.74, 6) is 1.01. The molecule has 0 bridgehead atoms. The monoisotopic (exact) mass is 284 g/mol. The molecule has 0 radical (unpaired) electrons. The minimum atomic E-state index is -0.248. The highest BCUT2D eigenvalue weighted by Crippen LogP contribution is 2.44. The fraction of sp³-hybridized carbons (Fsp3) is 0.400. The summed E-state index contributed by atoms with van der Waals surface area (Å²) in [4.78, 5) is 0. The van der Waals surface area contributed by atoms with Gasteiger partial charge in [0.1, 0.15) is 11.4 Å². The minimum Gasteiger partial charge on any atom is -0.484 e. The van der Waals surface area contributed by atoms with Crippen LogP contribution in [0.4, 0.5) is 0 Å². The maximum atomic E-state index is 5.98. The molecule has 1 aliphatic carbocycles. The summed E-state index contributed by atoms with van der Waals surface area (Å²) in [5.41, 5.74) is -0.248. The lowest BCUT2D eigenvalue weighted by atomic mass is 10.3. The first-order valence-electron chi connectivity index (χ1n) is 4.46. The molecule has 1 fully saturated rings. The van der Waals surface area contributed by atoms with Crippen LogP contribution in [0.25, 0.3) is 0 Å². The lowest BCUT2D eigenvalue weighted by Gasteiger charge is -2.16. The maximum absolute atomic E-state index is 5.98. The highest BCUT2D eigenvalue weighted by atomic mass is 35.5. The highest BCUT2D eigenvalue weighted by molar-refractivity contribution is 6.43. The lowest BCUT2D eigenvalue weighted by Crippen LogP contribution is -2.19. The Labute approximate surface area is 108 Å². The van der Waals surface area contributed by atoms with Gasteiger partial charge in [-0.3, -0.25) is 0 Å². The van der Waals surface area contributed by atoms with E-state index in [4.69, 9.17) is 51.1 Å². The van der Waals surface area contributed by atoms with E-state index in [2.05, 4.69) is 0 Å². The first kappa shape index (κ1) is 11.7. The van der Waals surface area contributed by atoms with E-state index in [1.54, 1.807) is 12.1 Å². The van der Waals surface area contributed by atoms with E-state index in [-0.39, 0.29) is 5.60 Å². The van der Waals surface area contributed by atoms with Crippen molar-refractivity contribution in [2.24, 2.45) is 0 Å². The largest absolute Gasteiger partial charge is 0.484 e. The first-order valence-corrected chi connectivity index (χ1v) is 6.13. The second kappa shape index (κ2) is 4.21. The molecule has 0 unspecified atom stereocenters. The van der Waals surface area contributed by atoms with Crippen LogP contribution in [0.3, 0.4) is 0 Å². The van der Waals surface area contributed by atoms with Gasteiger partial charge >= 0.3 is 0 Å². The highest BCUT2D eigenvalue weighted by Gasteiger charge is 2.45. The molecule has 1 aromatic rings. The molecule has 1 aliphatic rings. The van der Waals surface area contributed by atoms with Crippen LogP contribution in [0.15, 0.2) is 12.1 Å². The lowest BCUT2D eigenvalue weighted by molar-refractivity contribution is 0.204. The van der Waals surface area contributed by atoms with Crippen molar-refractivity contribution in [3.63, 3.8) is 0 Å². The average Bonchev–Trinajstić information content (AvgIpc) is 2.95. The molecule has 5 heteroatoms. The summed E-state index contributed by atoms with van der Waals surface area (Å²) in [6, 6.07) is 3.20. The third-order valence-corrected chi connectivity index (χ3v) is 3.86. The zero-order valence-corrected chi connectivity index (χ0v) is 10.7. The third kappa shape index (κ3) is 2.47. The van der Waals surface area contributed by atoms with E-state index >= 15 is 0 Å². The normalized spacial score (nSPS) is 17.6. The quantitative estimate of drug-likeness (QED) is 0.573. The van der Waals surface area contributed by atoms with Crippen LogP contribution >= 0.6 is 46.4 Å². The zero-order chi connectivity index (χ0) is 11.1. The Morgan fingerprint density at radius 1 is 1.07 bits per heavy atom. The molecule has 82 valence electrons. The zero-order valence-electron chi connectivity index (χ0n) is 7.70. The molecule has 0 amide bonds. The Balaban J connectivity index is 2.25. The van der Waals surface area contributed by atoms with E-state index < -0.39 is 0 Å². The Kier molecular flexibility index (Phi) is 3.27. The van der Waals surface area contributed by atoms with Crippen LogP contribution in [-0.4, -0.2) is 11.5 Å². The van der Waals surface area contributed by atoms with Crippen molar-refractivity contribution in [1.82, 2.24) is 0 Å². The van der Waals surface area contributed by atoms with Gasteiger partial charge in [-0.2, -0.15) is 0 Å². The SMILES string of the molecule is ClCC1(Oc2cc(Cl)c(Cl)cc2Cl)CC1. The van der Waals surface area contributed by atoms with Crippen molar-refractivity contribution in [3.05, 3.63) is 27.2 Å². The fourth-order valence-corrected chi connectivity index (χ4v) is 2.12. The molecule has 0 heterocycles. The number of hydrogen-bond acceptors (Lipinski definition) is 1. The molecule has 0 atom stereocenters. The first-order chi connectivity index (χ1) is 7.06. The van der Waals surface area contributed by atoms with Crippen LogP contribution in [0.2, 0.25) is 15.1 Å². The number of rotatable bonds is 3. The second-order valence-corrected chi connectivity index (χ2v) is 5.10. The van der Waals surface area contributed by atoms with Crippen molar-refractivity contribution >= 4 is 46.4 Å². The third-order valence-electron chi connectivity index (χ3n) is 2.35. The van der Waals surface area contributed by atoms with Crippen LogP contribution in [0.1, 0.15) is 12.8 Å². The Morgan fingerprint density at radius 3 is 2.20 bits per heavy atom. The van der Waals surface area contributed by atoms with Gasteiger partial charge in [-0.1, -0.05) is 34.8 Å². The van der Waals surface area contributed by atoms with Crippen molar-refractivity contribution in [2.75, 3.05) is 5.88 Å². The van der Waals surface area contributed by atoms with Crippen LogP contribution in [-0.2, 0) is 0 Å². The van der Waals surface area contributed by atoms with E-state index in [1.165, 1.54) is 0 Å². The summed E-state index contributed by atoms with van der Waals surface area (Å²) in [5, 5.41) is 1.31. The molecular formula is C10H8Cl4O. The summed E-state index contributed by atoms with van der Waals surface area (Å²) in [6.45, 7) is 0. The van der Waals surface area contributed by atoms with E-state index in [9.17, 15) is 0 Å². The molecule has 0 N–H and O–H groups in total. The van der Waals surface area contributed by atoms with Crippen LogP contribution in [0.5, 0.6) is 5.75 Å². The van der Waals surface area contributed by atoms with E-state index in [0.717, 1.165) is 12.8 Å². The molecular weight excluding hydrogens is 278 g/mol. The molecule has 2 rings (SSSR count). The predicted octanol–water partition coefficient (Wildman–Crippen LogP) is 4.80. The van der Waals surface area contributed by atoms with Gasteiger partial charge in [0.05, 0.1) is 20.9 Å². The van der Waals surface area contributed by atoms with Crippen molar-refractivity contribution in [1.29, 1.82) is 0 Å². The van der Waals surface area contributed by atoms with Crippen molar-refractivity contribution < 1.29 is 4.74 Å². The minimum absolute atomic E-state index is 0.248. The maximum Gasteiger partial charge on any atom is 0.140 e. The van der Waals surface area contributed by atoms with Crippen LogP contribution < -0.4 is 4.74 Å². The Hall–Kier alpha value is 0.180. The molecule has 1 saturated carbocycles. The molecule has 0 aliphatic heterocycles. The summed E-state index contributed by atoms with van der Waals surface area (Å²) >= 11 is 23.5. The number of hydrogen-bond donors (Lipinski definition) is 0. The van der Waals surface area contributed by atoms with Gasteiger partial charge in [-0.25, -0.2) is 0 Å². The second-order valence-electron chi connectivity index (χ2n) is 3.62. The van der Waals surface area contributed by atoms with Gasteiger partial charge in [0, 0.05) is 6.07 Å². The Bertz CT molecular complexity index is 387. The number of ether oxygens (including phenoxy) is 1. The number of benzene rings is 1. The molecule has 0 aromatic heterocycles. The van der Waals surface area contributed by atoms with Gasteiger partial charge < -0.3 is 4.74 Å². The summed E-state index contributed by atoms with van der Waals surface area (Å²) in [7, 11) is 0. The van der Waals surface area contributed by atoms with Gasteiger partial charge in [0.2, 0.25) is 0 Å². The molecule has 0 saturated heterocycles. The fourth-order valence-electron chi connectivity index (χ4n) is 1.22. The number of alkyl halides is 1. The van der Waals surface area contributed by atoms with Gasteiger partial charge in [-0.05, 0) is 18.9 Å². The van der Waals surface area contributed by atoms with Crippen LogP contribution in [0, 0.1) is 0 Å².